The maximum Gasteiger partial charge on any atom is 0.325 e. The number of piperidine rings is 1. The number of likely N-dealkylation sites (N-methyl/N-ethyl adjacent to an activating group) is 1. The van der Waals surface area contributed by atoms with Crippen LogP contribution in [0, 0.1) is 11.8 Å². The number of carbonyl (C=O) groups is 3. The molecule has 2 aliphatic heterocycles. The minimum Gasteiger partial charge on any atom is -0.339 e. The van der Waals surface area contributed by atoms with Crippen LogP contribution >= 0.6 is 11.6 Å². The fourth-order valence-corrected chi connectivity index (χ4v) is 4.88. The smallest absolute Gasteiger partial charge is 0.325 e. The molecule has 1 aromatic rings. The zero-order valence-corrected chi connectivity index (χ0v) is 21.5. The molecule has 1 atom stereocenters. The molecule has 0 spiro atoms. The van der Waals surface area contributed by atoms with Crippen molar-refractivity contribution in [2.75, 3.05) is 40.3 Å². The second-order valence-corrected chi connectivity index (χ2v) is 10.5. The number of nitrogens with one attached hydrogen (secondary N) is 1. The van der Waals surface area contributed by atoms with Gasteiger partial charge < -0.3 is 15.1 Å². The van der Waals surface area contributed by atoms with Gasteiger partial charge in [0, 0.05) is 37.3 Å². The van der Waals surface area contributed by atoms with E-state index in [0.717, 1.165) is 12.0 Å². The minimum absolute atomic E-state index is 0.0105. The minimum atomic E-state index is -0.873. The van der Waals surface area contributed by atoms with Gasteiger partial charge in [0.2, 0.25) is 5.91 Å². The van der Waals surface area contributed by atoms with Crippen molar-refractivity contribution in [3.63, 3.8) is 0 Å². The van der Waals surface area contributed by atoms with E-state index in [-0.39, 0.29) is 23.8 Å². The summed E-state index contributed by atoms with van der Waals surface area (Å²) in [4.78, 5) is 44.3. The predicted octanol–water partition coefficient (Wildman–Crippen LogP) is 3.88. The summed E-state index contributed by atoms with van der Waals surface area (Å²) in [5.41, 5.74) is 0.0412. The maximum atomic E-state index is 13.6. The van der Waals surface area contributed by atoms with Gasteiger partial charge in [-0.15, -0.1) is 0 Å². The Morgan fingerprint density at radius 2 is 1.85 bits per heavy atom. The molecule has 3 rings (SSSR count). The normalized spacial score (nSPS) is 21.9. The molecule has 0 saturated carbocycles. The first-order chi connectivity index (χ1) is 16.1. The molecule has 2 aliphatic rings. The summed E-state index contributed by atoms with van der Waals surface area (Å²) in [5.74, 6) is 0.292. The third kappa shape index (κ3) is 6.19. The van der Waals surface area contributed by atoms with Crippen LogP contribution in [-0.2, 0) is 9.59 Å². The van der Waals surface area contributed by atoms with Gasteiger partial charge in [0.05, 0.1) is 0 Å². The van der Waals surface area contributed by atoms with E-state index in [1.54, 1.807) is 24.3 Å². The lowest BCUT2D eigenvalue weighted by atomic mass is 9.74. The molecule has 0 aromatic heterocycles. The topological polar surface area (TPSA) is 73.0 Å². The van der Waals surface area contributed by atoms with Crippen molar-refractivity contribution in [3.8, 4) is 0 Å². The van der Waals surface area contributed by atoms with Crippen LogP contribution < -0.4 is 5.32 Å². The number of likely N-dealkylation sites (tertiary alicyclic amines) is 1. The highest BCUT2D eigenvalue weighted by atomic mass is 35.5. The molecular formula is C26H37ClN4O3. The summed E-state index contributed by atoms with van der Waals surface area (Å²) in [6.07, 6.45) is 6.24. The van der Waals surface area contributed by atoms with Gasteiger partial charge in [-0.25, -0.2) is 4.79 Å². The number of urea groups is 1. The summed E-state index contributed by atoms with van der Waals surface area (Å²) in [6, 6.07) is 7.03. The number of nitrogens with zero attached hydrogens (tertiary/aromatic N) is 3. The Hall–Kier alpha value is -2.38. The number of amides is 4. The molecule has 7 nitrogen and oxygen atoms in total. The van der Waals surface area contributed by atoms with Gasteiger partial charge >= 0.3 is 6.03 Å². The molecule has 0 bridgehead atoms. The van der Waals surface area contributed by atoms with Crippen molar-refractivity contribution in [3.05, 3.63) is 40.9 Å². The molecule has 0 unspecified atom stereocenters. The van der Waals surface area contributed by atoms with Crippen LogP contribution in [0.2, 0.25) is 5.02 Å². The summed E-state index contributed by atoms with van der Waals surface area (Å²) in [6.45, 7) is 6.41. The van der Waals surface area contributed by atoms with Gasteiger partial charge in [0.15, 0.2) is 0 Å². The number of hydrogen-bond acceptors (Lipinski definition) is 4. The van der Waals surface area contributed by atoms with Crippen molar-refractivity contribution in [2.45, 2.75) is 45.1 Å². The SMILES string of the molecule is CC(C)CC[C@@]1(C2CCN(C(=O)/C=C/c3ccc(Cl)cc3)CC2)NC(=O)N(CCN(C)C)C1=O. The van der Waals surface area contributed by atoms with Gasteiger partial charge in [-0.3, -0.25) is 14.5 Å². The Bertz CT molecular complexity index is 907. The molecular weight excluding hydrogens is 452 g/mol. The lowest BCUT2D eigenvalue weighted by Gasteiger charge is -2.41. The summed E-state index contributed by atoms with van der Waals surface area (Å²) in [7, 11) is 3.86. The highest BCUT2D eigenvalue weighted by Crippen LogP contribution is 2.38. The van der Waals surface area contributed by atoms with Crippen molar-refractivity contribution < 1.29 is 14.4 Å². The van der Waals surface area contributed by atoms with Gasteiger partial charge in [-0.05, 0) is 75.4 Å². The number of carbonyl (C=O) groups excluding carboxylic acids is 3. The van der Waals surface area contributed by atoms with Crippen molar-refractivity contribution in [1.29, 1.82) is 0 Å². The Labute approximate surface area is 208 Å². The van der Waals surface area contributed by atoms with Crippen molar-refractivity contribution in [1.82, 2.24) is 20.0 Å². The summed E-state index contributed by atoms with van der Waals surface area (Å²) < 4.78 is 0. The van der Waals surface area contributed by atoms with E-state index >= 15 is 0 Å². The van der Waals surface area contributed by atoms with E-state index in [1.165, 1.54) is 4.90 Å². The standard InChI is InChI=1S/C26H37ClN4O3/c1-19(2)11-14-26(24(33)31(25(34)28-26)18-17-29(3)4)21-12-15-30(16-13-21)23(32)10-7-20-5-8-22(27)9-6-20/h5-10,19,21H,11-18H2,1-4H3,(H,28,34)/b10-7+/t26-/m0/s1. The zero-order valence-electron chi connectivity index (χ0n) is 20.7. The number of hydrogen-bond donors (Lipinski definition) is 1. The molecule has 2 fully saturated rings. The monoisotopic (exact) mass is 488 g/mol. The second kappa shape index (κ2) is 11.4. The quantitative estimate of drug-likeness (QED) is 0.423. The Morgan fingerprint density at radius 3 is 2.44 bits per heavy atom. The van der Waals surface area contributed by atoms with Gasteiger partial charge in [-0.1, -0.05) is 37.6 Å². The number of halogens is 1. The molecule has 34 heavy (non-hydrogen) atoms. The molecule has 2 heterocycles. The average Bonchev–Trinajstić information content (AvgIpc) is 3.05. The first kappa shape index (κ1) is 26.2. The van der Waals surface area contributed by atoms with Gasteiger partial charge in [-0.2, -0.15) is 0 Å². The third-order valence-corrected chi connectivity index (χ3v) is 7.13. The first-order valence-electron chi connectivity index (χ1n) is 12.1. The van der Waals surface area contributed by atoms with Crippen LogP contribution in [0.1, 0.15) is 45.1 Å². The highest BCUT2D eigenvalue weighted by molar-refractivity contribution is 6.30. The number of imide groups is 1. The second-order valence-electron chi connectivity index (χ2n) is 10.1. The largest absolute Gasteiger partial charge is 0.339 e. The van der Waals surface area contributed by atoms with Crippen LogP contribution in [0.25, 0.3) is 6.08 Å². The first-order valence-corrected chi connectivity index (χ1v) is 12.5. The van der Waals surface area contributed by atoms with E-state index in [0.29, 0.717) is 56.4 Å². The highest BCUT2D eigenvalue weighted by Gasteiger charge is 2.55. The maximum absolute atomic E-state index is 13.6. The fraction of sp³-hybridized carbons (Fsp3) is 0.577. The molecule has 0 radical (unpaired) electrons. The van der Waals surface area contributed by atoms with Crippen LogP contribution in [-0.4, -0.2) is 78.4 Å². The van der Waals surface area contributed by atoms with E-state index in [4.69, 9.17) is 11.6 Å². The summed E-state index contributed by atoms with van der Waals surface area (Å²) >= 11 is 5.92. The van der Waals surface area contributed by atoms with Crippen LogP contribution in [0.3, 0.4) is 0 Å². The van der Waals surface area contributed by atoms with E-state index < -0.39 is 5.54 Å². The Morgan fingerprint density at radius 1 is 1.21 bits per heavy atom. The fourth-order valence-electron chi connectivity index (χ4n) is 4.75. The lowest BCUT2D eigenvalue weighted by Crippen LogP contribution is -2.56. The molecule has 0 aliphatic carbocycles. The zero-order chi connectivity index (χ0) is 24.9. The van der Waals surface area contributed by atoms with Crippen LogP contribution in [0.5, 0.6) is 0 Å². The third-order valence-electron chi connectivity index (χ3n) is 6.88. The van der Waals surface area contributed by atoms with Crippen LogP contribution in [0.4, 0.5) is 4.79 Å². The molecule has 1 aromatic carbocycles. The van der Waals surface area contributed by atoms with Crippen molar-refractivity contribution in [2.24, 2.45) is 11.8 Å². The molecule has 186 valence electrons. The van der Waals surface area contributed by atoms with Gasteiger partial charge in [0.1, 0.15) is 5.54 Å². The molecule has 2 saturated heterocycles. The van der Waals surface area contributed by atoms with Crippen LogP contribution in [0.15, 0.2) is 30.3 Å². The molecule has 1 N–H and O–H groups in total. The molecule has 8 heteroatoms. The van der Waals surface area contributed by atoms with E-state index in [1.807, 2.05) is 36.0 Å². The lowest BCUT2D eigenvalue weighted by molar-refractivity contribution is -0.135. The number of benzene rings is 1. The molecule has 4 amide bonds. The van der Waals surface area contributed by atoms with Crippen molar-refractivity contribution >= 4 is 35.5 Å². The predicted molar refractivity (Wildman–Crippen MR) is 135 cm³/mol. The number of rotatable bonds is 9. The Balaban J connectivity index is 1.67. The van der Waals surface area contributed by atoms with E-state index in [2.05, 4.69) is 19.2 Å². The summed E-state index contributed by atoms with van der Waals surface area (Å²) in [5, 5.41) is 3.76. The van der Waals surface area contributed by atoms with Gasteiger partial charge in [0.25, 0.3) is 5.91 Å². The Kier molecular flexibility index (Phi) is 8.77. The average molecular weight is 489 g/mol. The van der Waals surface area contributed by atoms with E-state index in [9.17, 15) is 14.4 Å².